The van der Waals surface area contributed by atoms with Gasteiger partial charge in [-0.15, -0.1) is 0 Å². The van der Waals surface area contributed by atoms with Gasteiger partial charge in [0.2, 0.25) is 5.91 Å². The lowest BCUT2D eigenvalue weighted by atomic mass is 9.98. The van der Waals surface area contributed by atoms with E-state index in [9.17, 15) is 19.5 Å². The predicted molar refractivity (Wildman–Crippen MR) is 131 cm³/mol. The number of carboxylic acids is 1. The van der Waals surface area contributed by atoms with Crippen LogP contribution in [-0.4, -0.2) is 40.8 Å². The third-order valence-electron chi connectivity index (χ3n) is 6.03. The molecule has 1 unspecified atom stereocenters. The van der Waals surface area contributed by atoms with Crippen LogP contribution < -0.4 is 10.6 Å². The van der Waals surface area contributed by atoms with Gasteiger partial charge in [0.05, 0.1) is 11.3 Å². The van der Waals surface area contributed by atoms with Gasteiger partial charge in [-0.1, -0.05) is 48.5 Å². The summed E-state index contributed by atoms with van der Waals surface area (Å²) in [6.45, 7) is 1.96. The lowest BCUT2D eigenvalue weighted by Crippen LogP contribution is -2.34. The van der Waals surface area contributed by atoms with Crippen LogP contribution in [0.5, 0.6) is 5.75 Å². The van der Waals surface area contributed by atoms with Crippen molar-refractivity contribution in [1.82, 2.24) is 5.32 Å². The van der Waals surface area contributed by atoms with Gasteiger partial charge in [0.1, 0.15) is 12.4 Å². The number of fused-ring (bicyclic) bond motifs is 3. The summed E-state index contributed by atoms with van der Waals surface area (Å²) in [5, 5.41) is 24.1. The Morgan fingerprint density at radius 1 is 0.971 bits per heavy atom. The van der Waals surface area contributed by atoms with Crippen molar-refractivity contribution in [1.29, 1.82) is 0 Å². The molecular weight excluding hydrogens is 448 g/mol. The zero-order valence-electron chi connectivity index (χ0n) is 19.2. The number of rotatable bonds is 8. The number of anilines is 1. The Morgan fingerprint density at radius 3 is 2.23 bits per heavy atom. The minimum atomic E-state index is -1.17. The molecule has 1 atom stereocenters. The summed E-state index contributed by atoms with van der Waals surface area (Å²) in [5.41, 5.74) is 4.52. The zero-order chi connectivity index (χ0) is 24.9. The van der Waals surface area contributed by atoms with Crippen LogP contribution in [-0.2, 0) is 9.53 Å². The van der Waals surface area contributed by atoms with Gasteiger partial charge in [0.25, 0.3) is 0 Å². The van der Waals surface area contributed by atoms with Gasteiger partial charge in [-0.05, 0) is 53.8 Å². The molecular formula is C27H26N2O6. The first kappa shape index (κ1) is 23.8. The average molecular weight is 475 g/mol. The second-order valence-electron chi connectivity index (χ2n) is 8.49. The number of hydrogen-bond acceptors (Lipinski definition) is 5. The molecule has 2 amide bonds. The fourth-order valence-electron chi connectivity index (χ4n) is 4.24. The van der Waals surface area contributed by atoms with Crippen molar-refractivity contribution in [3.05, 3.63) is 83.4 Å². The van der Waals surface area contributed by atoms with Crippen LogP contribution in [0.25, 0.3) is 11.1 Å². The quantitative estimate of drug-likeness (QED) is 0.350. The van der Waals surface area contributed by atoms with Gasteiger partial charge in [0.15, 0.2) is 0 Å². The van der Waals surface area contributed by atoms with E-state index in [0.717, 1.165) is 22.3 Å². The van der Waals surface area contributed by atoms with Gasteiger partial charge in [-0.3, -0.25) is 4.79 Å². The van der Waals surface area contributed by atoms with E-state index in [1.807, 2.05) is 36.4 Å². The Bertz CT molecular complexity index is 1230. The number of amides is 2. The van der Waals surface area contributed by atoms with E-state index in [4.69, 9.17) is 9.84 Å². The Labute approximate surface area is 202 Å². The maximum atomic E-state index is 12.4. The van der Waals surface area contributed by atoms with Crippen molar-refractivity contribution in [2.75, 3.05) is 11.9 Å². The summed E-state index contributed by atoms with van der Waals surface area (Å²) in [5.74, 6) is -1.85. The molecule has 0 heterocycles. The molecule has 3 aromatic carbocycles. The molecule has 0 aliphatic heterocycles. The van der Waals surface area contributed by atoms with Crippen LogP contribution in [0.2, 0.25) is 0 Å². The van der Waals surface area contributed by atoms with Crippen molar-refractivity contribution >= 4 is 23.7 Å². The zero-order valence-corrected chi connectivity index (χ0v) is 19.2. The first-order valence-corrected chi connectivity index (χ1v) is 11.3. The highest BCUT2D eigenvalue weighted by Gasteiger charge is 2.29. The molecule has 3 aromatic rings. The number of carboxylic acid groups (broad SMARTS) is 1. The van der Waals surface area contributed by atoms with E-state index in [2.05, 4.69) is 22.8 Å². The van der Waals surface area contributed by atoms with Crippen LogP contribution in [0.1, 0.15) is 47.2 Å². The Hall–Kier alpha value is -4.33. The molecule has 0 saturated heterocycles. The number of phenolic OH excluding ortho intramolecular Hbond substituents is 1. The standard InChI is InChI=1S/C27H26N2O6/c1-16(10-13-25(31)29-23-14-17(26(32)33)11-12-24(23)30)28-27(34)35-15-22-20-8-4-2-6-18(20)19-7-3-5-9-21(19)22/h2-9,11-12,14,16,22,30H,10,13,15H2,1H3,(H,28,34)(H,29,31)(H,32,33). The number of benzene rings is 3. The Morgan fingerprint density at radius 2 is 1.60 bits per heavy atom. The molecule has 4 N–H and O–H groups in total. The number of hydrogen-bond donors (Lipinski definition) is 4. The Kier molecular flexibility index (Phi) is 7.01. The first-order valence-electron chi connectivity index (χ1n) is 11.3. The summed E-state index contributed by atoms with van der Waals surface area (Å²) in [7, 11) is 0. The van der Waals surface area contributed by atoms with E-state index in [1.54, 1.807) is 6.92 Å². The lowest BCUT2D eigenvalue weighted by molar-refractivity contribution is -0.116. The number of alkyl carbamates (subject to hydrolysis) is 1. The largest absolute Gasteiger partial charge is 0.506 e. The molecule has 0 saturated carbocycles. The van der Waals surface area contributed by atoms with Gasteiger partial charge < -0.3 is 25.6 Å². The van der Waals surface area contributed by atoms with Gasteiger partial charge >= 0.3 is 12.1 Å². The van der Waals surface area contributed by atoms with E-state index in [-0.39, 0.29) is 42.0 Å². The number of carbonyl (C=O) groups excluding carboxylic acids is 2. The summed E-state index contributed by atoms with van der Waals surface area (Å²) < 4.78 is 5.52. The number of aromatic carboxylic acids is 1. The van der Waals surface area contributed by atoms with Crippen molar-refractivity contribution in [3.63, 3.8) is 0 Å². The fraction of sp³-hybridized carbons (Fsp3) is 0.222. The maximum Gasteiger partial charge on any atom is 0.407 e. The van der Waals surface area contributed by atoms with Crippen LogP contribution >= 0.6 is 0 Å². The normalized spacial score (nSPS) is 12.8. The summed E-state index contributed by atoms with van der Waals surface area (Å²) in [6.07, 6.45) is -0.177. The summed E-state index contributed by atoms with van der Waals surface area (Å²) >= 11 is 0. The highest BCUT2D eigenvalue weighted by molar-refractivity contribution is 5.95. The Balaban J connectivity index is 1.26. The first-order chi connectivity index (χ1) is 16.8. The summed E-state index contributed by atoms with van der Waals surface area (Å²) in [6, 6.07) is 19.5. The number of carbonyl (C=O) groups is 3. The molecule has 0 radical (unpaired) electrons. The van der Waals surface area contributed by atoms with E-state index in [1.165, 1.54) is 18.2 Å². The minimum Gasteiger partial charge on any atom is -0.506 e. The van der Waals surface area contributed by atoms with Gasteiger partial charge in [0, 0.05) is 18.4 Å². The lowest BCUT2D eigenvalue weighted by Gasteiger charge is -2.17. The average Bonchev–Trinajstić information content (AvgIpc) is 3.16. The highest BCUT2D eigenvalue weighted by atomic mass is 16.5. The maximum absolute atomic E-state index is 12.4. The van der Waals surface area contributed by atoms with Gasteiger partial charge in [-0.2, -0.15) is 0 Å². The molecule has 4 rings (SSSR count). The third kappa shape index (κ3) is 5.43. The molecule has 180 valence electrons. The highest BCUT2D eigenvalue weighted by Crippen LogP contribution is 2.44. The topological polar surface area (TPSA) is 125 Å². The third-order valence-corrected chi connectivity index (χ3v) is 6.03. The number of aromatic hydroxyl groups is 1. The number of phenols is 1. The van der Waals surface area contributed by atoms with Crippen molar-refractivity contribution in [2.45, 2.75) is 31.7 Å². The van der Waals surface area contributed by atoms with Crippen LogP contribution in [0.15, 0.2) is 66.7 Å². The number of ether oxygens (including phenoxy) is 1. The second-order valence-corrected chi connectivity index (χ2v) is 8.49. The molecule has 8 heteroatoms. The fourth-order valence-corrected chi connectivity index (χ4v) is 4.24. The van der Waals surface area contributed by atoms with Crippen molar-refractivity contribution in [2.24, 2.45) is 0 Å². The number of nitrogens with one attached hydrogen (secondary N) is 2. The molecule has 8 nitrogen and oxygen atoms in total. The molecule has 1 aliphatic rings. The summed E-state index contributed by atoms with van der Waals surface area (Å²) in [4.78, 5) is 35.7. The van der Waals surface area contributed by atoms with E-state index >= 15 is 0 Å². The minimum absolute atomic E-state index is 0.0204. The van der Waals surface area contributed by atoms with Crippen LogP contribution in [0.4, 0.5) is 10.5 Å². The molecule has 0 bridgehead atoms. The molecule has 35 heavy (non-hydrogen) atoms. The smallest absolute Gasteiger partial charge is 0.407 e. The molecule has 0 aromatic heterocycles. The predicted octanol–water partition coefficient (Wildman–Crippen LogP) is 4.74. The molecule has 0 spiro atoms. The second kappa shape index (κ2) is 10.3. The van der Waals surface area contributed by atoms with Crippen molar-refractivity contribution < 1.29 is 29.3 Å². The monoisotopic (exact) mass is 474 g/mol. The van der Waals surface area contributed by atoms with Gasteiger partial charge in [-0.25, -0.2) is 9.59 Å². The molecule has 0 fully saturated rings. The van der Waals surface area contributed by atoms with E-state index < -0.39 is 18.0 Å². The van der Waals surface area contributed by atoms with Crippen LogP contribution in [0.3, 0.4) is 0 Å². The molecule has 1 aliphatic carbocycles. The van der Waals surface area contributed by atoms with E-state index in [0.29, 0.717) is 6.42 Å². The SMILES string of the molecule is CC(CCC(=O)Nc1cc(C(=O)O)ccc1O)NC(=O)OCC1c2ccccc2-c2ccccc21. The van der Waals surface area contributed by atoms with Crippen LogP contribution in [0, 0.1) is 0 Å². The van der Waals surface area contributed by atoms with Crippen molar-refractivity contribution in [3.8, 4) is 16.9 Å².